The van der Waals surface area contributed by atoms with Crippen LogP contribution in [0.15, 0.2) is 28.5 Å². The molecular formula is C21H37F2N3O. The average Bonchev–Trinajstić information content (AvgIpc) is 2.93. The van der Waals surface area contributed by atoms with E-state index in [9.17, 15) is 8.78 Å². The van der Waals surface area contributed by atoms with Gasteiger partial charge in [-0.25, -0.2) is 8.78 Å². The zero-order valence-electron chi connectivity index (χ0n) is 17.6. The van der Waals surface area contributed by atoms with Crippen molar-refractivity contribution in [3.63, 3.8) is 0 Å². The van der Waals surface area contributed by atoms with Crippen LogP contribution in [0, 0.1) is 0 Å². The molecule has 2 heterocycles. The predicted octanol–water partition coefficient (Wildman–Crippen LogP) is 4.78. The molecule has 1 fully saturated rings. The van der Waals surface area contributed by atoms with Crippen LogP contribution in [-0.2, 0) is 4.74 Å². The number of nitrogens with one attached hydrogen (secondary N) is 1. The summed E-state index contributed by atoms with van der Waals surface area (Å²) in [5, 5.41) is 9.58. The van der Waals surface area contributed by atoms with E-state index in [0.717, 1.165) is 37.9 Å². The van der Waals surface area contributed by atoms with E-state index in [1.54, 1.807) is 6.08 Å². The van der Waals surface area contributed by atoms with Crippen molar-refractivity contribution in [1.29, 1.82) is 0 Å². The molecule has 6 heteroatoms. The van der Waals surface area contributed by atoms with Crippen molar-refractivity contribution >= 4 is 6.72 Å². The largest absolute Gasteiger partial charge is 0.368 e. The predicted molar refractivity (Wildman–Crippen MR) is 110 cm³/mol. The Hall–Kier alpha value is -1.27. The van der Waals surface area contributed by atoms with Crippen molar-refractivity contribution in [2.45, 2.75) is 84.2 Å². The van der Waals surface area contributed by atoms with Crippen molar-refractivity contribution in [3.05, 3.63) is 23.4 Å². The highest BCUT2D eigenvalue weighted by molar-refractivity contribution is 5.28. The molecule has 0 aromatic heterocycles. The van der Waals surface area contributed by atoms with Crippen LogP contribution in [-0.4, -0.2) is 55.4 Å². The van der Waals surface area contributed by atoms with Crippen LogP contribution in [0.3, 0.4) is 0 Å². The number of rotatable bonds is 8. The highest BCUT2D eigenvalue weighted by atomic mass is 19.1. The monoisotopic (exact) mass is 385 g/mol. The lowest BCUT2D eigenvalue weighted by Crippen LogP contribution is -2.37. The van der Waals surface area contributed by atoms with Gasteiger partial charge in [-0.15, -0.1) is 0 Å². The molecule has 2 aliphatic heterocycles. The van der Waals surface area contributed by atoms with Crippen molar-refractivity contribution in [2.75, 3.05) is 19.8 Å². The topological polar surface area (TPSA) is 36.9 Å². The molecule has 1 N–H and O–H groups in total. The van der Waals surface area contributed by atoms with E-state index in [4.69, 9.17) is 4.74 Å². The summed E-state index contributed by atoms with van der Waals surface area (Å²) in [6, 6.07) is 0. The number of fused-ring (bicyclic) bond motifs is 2. The molecule has 4 nitrogen and oxygen atoms in total. The maximum atomic E-state index is 12.3. The summed E-state index contributed by atoms with van der Waals surface area (Å²) in [7, 11) is 0. The zero-order valence-corrected chi connectivity index (χ0v) is 17.6. The van der Waals surface area contributed by atoms with Gasteiger partial charge in [-0.1, -0.05) is 12.2 Å². The molecule has 2 aliphatic rings. The molecule has 27 heavy (non-hydrogen) atoms. The summed E-state index contributed by atoms with van der Waals surface area (Å²) >= 11 is 0. The van der Waals surface area contributed by atoms with Crippen LogP contribution < -0.4 is 5.32 Å². The molecule has 0 aliphatic carbocycles. The molecule has 2 bridgehead atoms. The Morgan fingerprint density at radius 2 is 2.00 bits per heavy atom. The molecule has 156 valence electrons. The van der Waals surface area contributed by atoms with Crippen LogP contribution in [0.25, 0.3) is 0 Å². The summed E-state index contributed by atoms with van der Waals surface area (Å²) in [5.74, 6) is 0. The minimum Gasteiger partial charge on any atom is -0.368 e. The van der Waals surface area contributed by atoms with Gasteiger partial charge in [0.15, 0.2) is 0 Å². The van der Waals surface area contributed by atoms with Gasteiger partial charge >= 0.3 is 0 Å². The minimum absolute atomic E-state index is 0.114. The Balaban J connectivity index is 0.000000828. The average molecular weight is 386 g/mol. The van der Waals surface area contributed by atoms with Gasteiger partial charge in [0.05, 0.1) is 30.6 Å². The summed E-state index contributed by atoms with van der Waals surface area (Å²) in [4.78, 5) is 0. The van der Waals surface area contributed by atoms with Crippen LogP contribution in [0.2, 0.25) is 0 Å². The standard InChI is InChI=1S/C18H30FN3O.C3H7F/c1-18(2,3)21-11-9-14-13-15-7-8-16(23-15)17(14)22(20-4)12-6-5-10-19;1-3(2)4/h5-6,15-16,21H,4,7-13H2,1-3H3;3H,1-2H3/b6-5-;. The van der Waals surface area contributed by atoms with Gasteiger partial charge in [0.25, 0.3) is 0 Å². The second-order valence-electron chi connectivity index (χ2n) is 8.31. The number of hydrogen-bond acceptors (Lipinski definition) is 4. The van der Waals surface area contributed by atoms with Gasteiger partial charge < -0.3 is 10.1 Å². The Bertz CT molecular complexity index is 509. The third-order valence-electron chi connectivity index (χ3n) is 4.31. The molecule has 0 saturated carbocycles. The molecule has 0 spiro atoms. The van der Waals surface area contributed by atoms with Crippen LogP contribution >= 0.6 is 0 Å². The van der Waals surface area contributed by atoms with E-state index in [2.05, 4.69) is 37.9 Å². The lowest BCUT2D eigenvalue weighted by Gasteiger charge is -2.33. The molecular weight excluding hydrogens is 348 g/mol. The maximum absolute atomic E-state index is 12.3. The van der Waals surface area contributed by atoms with Gasteiger partial charge in [0.2, 0.25) is 0 Å². The Morgan fingerprint density at radius 1 is 1.33 bits per heavy atom. The summed E-state index contributed by atoms with van der Waals surface area (Å²) in [6.07, 6.45) is 7.21. The van der Waals surface area contributed by atoms with Gasteiger partial charge in [0.1, 0.15) is 6.67 Å². The van der Waals surface area contributed by atoms with Gasteiger partial charge in [-0.2, -0.15) is 5.10 Å². The Kier molecular flexibility index (Phi) is 10.2. The molecule has 0 aromatic carbocycles. The fourth-order valence-corrected chi connectivity index (χ4v) is 3.30. The van der Waals surface area contributed by atoms with E-state index in [1.165, 1.54) is 25.5 Å². The highest BCUT2D eigenvalue weighted by Crippen LogP contribution is 2.39. The first kappa shape index (κ1) is 23.8. The fourth-order valence-electron chi connectivity index (χ4n) is 3.30. The maximum Gasteiger partial charge on any atom is 0.108 e. The molecule has 1 saturated heterocycles. The molecule has 0 radical (unpaired) electrons. The number of nitrogens with zero attached hydrogens (tertiary/aromatic N) is 2. The van der Waals surface area contributed by atoms with Crippen molar-refractivity contribution in [2.24, 2.45) is 5.10 Å². The van der Waals surface area contributed by atoms with Gasteiger partial charge in [-0.05, 0) is 72.4 Å². The molecule has 0 aromatic rings. The van der Waals surface area contributed by atoms with E-state index >= 15 is 0 Å². The van der Waals surface area contributed by atoms with Crippen LogP contribution in [0.4, 0.5) is 8.78 Å². The van der Waals surface area contributed by atoms with E-state index < -0.39 is 12.8 Å². The summed E-state index contributed by atoms with van der Waals surface area (Å²) < 4.78 is 29.4. The lowest BCUT2D eigenvalue weighted by molar-refractivity contribution is 0.0336. The summed E-state index contributed by atoms with van der Waals surface area (Å²) in [6.45, 7) is 14.3. The number of hydrogen-bond donors (Lipinski definition) is 1. The van der Waals surface area contributed by atoms with Crippen molar-refractivity contribution in [1.82, 2.24) is 10.3 Å². The highest BCUT2D eigenvalue weighted by Gasteiger charge is 2.37. The second kappa shape index (κ2) is 11.5. The third kappa shape index (κ3) is 8.98. The van der Waals surface area contributed by atoms with E-state index in [1.807, 2.05) is 5.01 Å². The lowest BCUT2D eigenvalue weighted by atomic mass is 9.99. The number of halogens is 2. The van der Waals surface area contributed by atoms with E-state index in [-0.39, 0.29) is 11.6 Å². The summed E-state index contributed by atoms with van der Waals surface area (Å²) in [5.41, 5.74) is 2.67. The normalized spacial score (nSPS) is 22.2. The minimum atomic E-state index is -0.667. The second-order valence-corrected chi connectivity index (χ2v) is 8.31. The third-order valence-corrected chi connectivity index (χ3v) is 4.31. The van der Waals surface area contributed by atoms with Gasteiger partial charge in [0, 0.05) is 12.3 Å². The molecule has 2 atom stereocenters. The molecule has 2 rings (SSSR count). The Labute approximate surface area is 163 Å². The molecule has 2 unspecified atom stereocenters. The SMILES string of the molecule is C=NN(C/C=C\CF)C1=C(CCNC(C)(C)C)CC2CCC1O2.CC(C)F. The number of ether oxygens (including phenoxy) is 1. The number of hydrazone groups is 1. The van der Waals surface area contributed by atoms with Crippen LogP contribution in [0.1, 0.15) is 60.3 Å². The van der Waals surface area contributed by atoms with E-state index in [0.29, 0.717) is 12.6 Å². The fraction of sp³-hybridized carbons (Fsp3) is 0.762. The van der Waals surface area contributed by atoms with Gasteiger partial charge in [-0.3, -0.25) is 5.01 Å². The Morgan fingerprint density at radius 3 is 2.56 bits per heavy atom. The van der Waals surface area contributed by atoms with Crippen molar-refractivity contribution < 1.29 is 13.5 Å². The molecule has 0 amide bonds. The zero-order chi connectivity index (χ0) is 20.4. The quantitative estimate of drug-likeness (QED) is 0.371. The number of alkyl halides is 2. The smallest absolute Gasteiger partial charge is 0.108 e. The van der Waals surface area contributed by atoms with Crippen molar-refractivity contribution in [3.8, 4) is 0 Å². The number of allylic oxidation sites excluding steroid dienone is 1. The first-order valence-electron chi connectivity index (χ1n) is 9.89. The van der Waals surface area contributed by atoms with Crippen LogP contribution in [0.5, 0.6) is 0 Å². The first-order chi connectivity index (χ1) is 12.7. The first-order valence-corrected chi connectivity index (χ1v) is 9.89.